The van der Waals surface area contributed by atoms with E-state index in [1.807, 2.05) is 9.80 Å². The molecule has 3 aliphatic heterocycles. The number of benzene rings is 1. The Kier molecular flexibility index (Phi) is 7.90. The minimum Gasteiger partial charge on any atom is -0.437 e. The van der Waals surface area contributed by atoms with E-state index in [0.717, 1.165) is 50.8 Å². The molecule has 1 aromatic carbocycles. The van der Waals surface area contributed by atoms with Crippen molar-refractivity contribution in [2.45, 2.75) is 63.1 Å². The van der Waals surface area contributed by atoms with Crippen LogP contribution in [0.2, 0.25) is 0 Å². The number of hydrogen-bond acceptors (Lipinski definition) is 5. The van der Waals surface area contributed by atoms with Gasteiger partial charge in [0.05, 0.1) is 5.56 Å². The van der Waals surface area contributed by atoms with Crippen molar-refractivity contribution in [3.8, 4) is 0 Å². The normalized spacial score (nSPS) is 22.5. The fourth-order valence-corrected chi connectivity index (χ4v) is 5.66. The molecule has 0 aliphatic carbocycles. The summed E-state index contributed by atoms with van der Waals surface area (Å²) < 4.78 is 83.3. The molecule has 3 aliphatic rings. The van der Waals surface area contributed by atoms with Crippen LogP contribution < -0.4 is 4.90 Å². The zero-order valence-electron chi connectivity index (χ0n) is 21.2. The van der Waals surface area contributed by atoms with Crippen LogP contribution in [-0.2, 0) is 17.5 Å². The number of piperazine rings is 1. The minimum absolute atomic E-state index is 0.132. The lowest BCUT2D eigenvalue weighted by molar-refractivity contribution is -0.200. The molecule has 1 amide bonds. The number of carbonyl (C=O) groups is 1. The van der Waals surface area contributed by atoms with Crippen LogP contribution in [0.25, 0.3) is 0 Å². The van der Waals surface area contributed by atoms with Crippen molar-refractivity contribution in [3.63, 3.8) is 0 Å². The summed E-state index contributed by atoms with van der Waals surface area (Å²) in [5.74, 6) is 0. The molecule has 3 saturated heterocycles. The van der Waals surface area contributed by atoms with Gasteiger partial charge in [0, 0.05) is 57.0 Å². The first-order valence-electron chi connectivity index (χ1n) is 12.7. The second-order valence-electron chi connectivity index (χ2n) is 10.4. The van der Waals surface area contributed by atoms with E-state index in [-0.39, 0.29) is 18.6 Å². The smallest absolute Gasteiger partial charge is 0.425 e. The van der Waals surface area contributed by atoms with Crippen molar-refractivity contribution in [1.82, 2.24) is 14.7 Å². The van der Waals surface area contributed by atoms with Gasteiger partial charge in [-0.1, -0.05) is 6.07 Å². The molecular weight excluding hydrogens is 502 g/mol. The highest BCUT2D eigenvalue weighted by Gasteiger charge is 2.42. The van der Waals surface area contributed by atoms with Gasteiger partial charge in [0.25, 0.3) is 0 Å². The molecule has 1 spiro atoms. The van der Waals surface area contributed by atoms with Gasteiger partial charge in [-0.3, -0.25) is 4.90 Å². The fourth-order valence-electron chi connectivity index (χ4n) is 5.66. The molecule has 0 aromatic heterocycles. The number of rotatable bonds is 4. The largest absolute Gasteiger partial charge is 0.437 e. The standard InChI is InChI=1S/C25H34F6N4O2/c1-18(24(26,27)28)37-22(36)35-14-12-33(13-15-35)17-19-4-5-20(25(29,30)31)16-21(19)34-10-7-23(8-11-34)6-3-9-32(23)2/h4-5,16,18H,3,6-15,17H2,1-2H3. The van der Waals surface area contributed by atoms with Gasteiger partial charge >= 0.3 is 18.4 Å². The van der Waals surface area contributed by atoms with Gasteiger partial charge in [0.2, 0.25) is 0 Å². The van der Waals surface area contributed by atoms with Gasteiger partial charge in [-0.2, -0.15) is 26.3 Å². The Labute approximate surface area is 213 Å². The molecule has 6 nitrogen and oxygen atoms in total. The molecule has 1 unspecified atom stereocenters. The van der Waals surface area contributed by atoms with Crippen LogP contribution in [0.15, 0.2) is 18.2 Å². The number of halogens is 6. The van der Waals surface area contributed by atoms with Gasteiger partial charge in [-0.25, -0.2) is 4.79 Å². The number of amides is 1. The summed E-state index contributed by atoms with van der Waals surface area (Å²) in [6.45, 7) is 4.68. The first kappa shape index (κ1) is 27.8. The molecule has 0 radical (unpaired) electrons. The molecule has 0 saturated carbocycles. The lowest BCUT2D eigenvalue weighted by Gasteiger charge is -2.45. The monoisotopic (exact) mass is 536 g/mol. The van der Waals surface area contributed by atoms with Crippen molar-refractivity contribution < 1.29 is 35.9 Å². The molecule has 1 aromatic rings. The molecule has 0 N–H and O–H groups in total. The summed E-state index contributed by atoms with van der Waals surface area (Å²) in [6, 6.07) is 3.86. The van der Waals surface area contributed by atoms with E-state index < -0.39 is 30.1 Å². The average Bonchev–Trinajstić information content (AvgIpc) is 3.18. The fraction of sp³-hybridized carbons (Fsp3) is 0.720. The van der Waals surface area contributed by atoms with E-state index in [4.69, 9.17) is 0 Å². The summed E-state index contributed by atoms with van der Waals surface area (Å²) in [5, 5.41) is 0. The SMILES string of the molecule is CC(OC(=O)N1CCN(Cc2ccc(C(F)(F)F)cc2N2CCC3(CCCN3C)CC2)CC1)C(F)(F)F. The molecule has 1 atom stereocenters. The van der Waals surface area contributed by atoms with Gasteiger partial charge < -0.3 is 19.4 Å². The van der Waals surface area contributed by atoms with Crippen molar-refractivity contribution in [3.05, 3.63) is 29.3 Å². The molecule has 0 bridgehead atoms. The van der Waals surface area contributed by atoms with Crippen LogP contribution in [0.1, 0.15) is 43.7 Å². The maximum atomic E-state index is 13.5. The third-order valence-electron chi connectivity index (χ3n) is 8.16. The molecular formula is C25H34F6N4O2. The van der Waals surface area contributed by atoms with E-state index in [2.05, 4.69) is 16.7 Å². The molecule has 3 fully saturated rings. The third-order valence-corrected chi connectivity index (χ3v) is 8.16. The summed E-state index contributed by atoms with van der Waals surface area (Å²) >= 11 is 0. The zero-order chi connectivity index (χ0) is 27.0. The molecule has 4 rings (SSSR count). The van der Waals surface area contributed by atoms with Crippen molar-refractivity contribution in [2.75, 3.05) is 57.8 Å². The van der Waals surface area contributed by atoms with E-state index in [0.29, 0.717) is 38.4 Å². The van der Waals surface area contributed by atoms with Crippen LogP contribution in [0, 0.1) is 0 Å². The number of ether oxygens (including phenoxy) is 1. The number of carbonyl (C=O) groups excluding carboxylic acids is 1. The number of anilines is 1. The summed E-state index contributed by atoms with van der Waals surface area (Å²) in [6.07, 6.45) is -8.24. The predicted octanol–water partition coefficient (Wildman–Crippen LogP) is 4.98. The molecule has 208 valence electrons. The quantitative estimate of drug-likeness (QED) is 0.508. The highest BCUT2D eigenvalue weighted by atomic mass is 19.4. The third kappa shape index (κ3) is 6.27. The summed E-state index contributed by atoms with van der Waals surface area (Å²) in [5.41, 5.74) is 0.792. The van der Waals surface area contributed by atoms with Gasteiger partial charge in [-0.15, -0.1) is 0 Å². The van der Waals surface area contributed by atoms with E-state index >= 15 is 0 Å². The van der Waals surface area contributed by atoms with Crippen molar-refractivity contribution >= 4 is 11.8 Å². The number of alkyl halides is 6. The second-order valence-corrected chi connectivity index (χ2v) is 10.4. The van der Waals surface area contributed by atoms with Crippen LogP contribution in [-0.4, -0.2) is 91.5 Å². The van der Waals surface area contributed by atoms with Gasteiger partial charge in [0.1, 0.15) is 0 Å². The first-order valence-corrected chi connectivity index (χ1v) is 12.7. The average molecular weight is 537 g/mol. The van der Waals surface area contributed by atoms with Crippen LogP contribution in [0.4, 0.5) is 36.8 Å². The molecule has 12 heteroatoms. The van der Waals surface area contributed by atoms with Crippen LogP contribution in [0.5, 0.6) is 0 Å². The van der Waals surface area contributed by atoms with Crippen molar-refractivity contribution in [2.24, 2.45) is 0 Å². The Hall–Kier alpha value is -2.21. The van der Waals surface area contributed by atoms with E-state index in [9.17, 15) is 31.1 Å². The lowest BCUT2D eigenvalue weighted by Crippen LogP contribution is -2.51. The highest BCUT2D eigenvalue weighted by molar-refractivity contribution is 5.68. The maximum Gasteiger partial charge on any atom is 0.425 e. The Morgan fingerprint density at radius 1 is 0.973 bits per heavy atom. The van der Waals surface area contributed by atoms with E-state index in [1.54, 1.807) is 0 Å². The first-order chi connectivity index (χ1) is 17.3. The number of hydrogen-bond donors (Lipinski definition) is 0. The second kappa shape index (κ2) is 10.5. The minimum atomic E-state index is -4.63. The van der Waals surface area contributed by atoms with Crippen LogP contribution in [0.3, 0.4) is 0 Å². The molecule has 37 heavy (non-hydrogen) atoms. The van der Waals surface area contributed by atoms with Gasteiger partial charge in [0.15, 0.2) is 6.10 Å². The Morgan fingerprint density at radius 3 is 2.16 bits per heavy atom. The number of nitrogens with zero attached hydrogens (tertiary/aromatic N) is 4. The van der Waals surface area contributed by atoms with Crippen molar-refractivity contribution in [1.29, 1.82) is 0 Å². The number of piperidine rings is 1. The van der Waals surface area contributed by atoms with Gasteiger partial charge in [-0.05, 0) is 63.9 Å². The highest BCUT2D eigenvalue weighted by Crippen LogP contribution is 2.40. The topological polar surface area (TPSA) is 39.3 Å². The lowest BCUT2D eigenvalue weighted by atomic mass is 9.85. The maximum absolute atomic E-state index is 13.5. The summed E-state index contributed by atoms with van der Waals surface area (Å²) in [7, 11) is 2.12. The Morgan fingerprint density at radius 2 is 1.62 bits per heavy atom. The summed E-state index contributed by atoms with van der Waals surface area (Å²) in [4.78, 5) is 19.8. The Bertz CT molecular complexity index is 953. The Balaban J connectivity index is 1.42. The molecule has 3 heterocycles. The van der Waals surface area contributed by atoms with Crippen LogP contribution >= 0.6 is 0 Å². The number of likely N-dealkylation sites (tertiary alicyclic amines) is 1. The predicted molar refractivity (Wildman–Crippen MR) is 126 cm³/mol. The zero-order valence-corrected chi connectivity index (χ0v) is 21.2. The van der Waals surface area contributed by atoms with E-state index in [1.165, 1.54) is 17.0 Å².